The fourth-order valence-electron chi connectivity index (χ4n) is 5.58. The number of fused-ring (bicyclic) bond motifs is 1. The van der Waals surface area contributed by atoms with Crippen LogP contribution in [0.1, 0.15) is 15.9 Å². The molecular weight excluding hydrogens is 518 g/mol. The first kappa shape index (κ1) is 26.7. The van der Waals surface area contributed by atoms with Crippen LogP contribution >= 0.6 is 0 Å². The van der Waals surface area contributed by atoms with E-state index >= 15 is 0 Å². The topological polar surface area (TPSA) is 73.4 Å². The number of pyridine rings is 1. The lowest BCUT2D eigenvalue weighted by Gasteiger charge is -2.39. The molecular formula is C33H33N3O5. The van der Waals surface area contributed by atoms with Gasteiger partial charge in [-0.15, -0.1) is 0 Å². The summed E-state index contributed by atoms with van der Waals surface area (Å²) in [5.74, 6) is 2.10. The third-order valence-corrected chi connectivity index (χ3v) is 7.76. The quantitative estimate of drug-likeness (QED) is 0.301. The van der Waals surface area contributed by atoms with E-state index in [4.69, 9.17) is 23.9 Å². The number of benzene rings is 3. The minimum absolute atomic E-state index is 0.00394. The van der Waals surface area contributed by atoms with Crippen molar-refractivity contribution in [3.63, 3.8) is 0 Å². The number of hydrogen-bond acceptors (Lipinski definition) is 7. The van der Waals surface area contributed by atoms with Gasteiger partial charge in [0.25, 0.3) is 5.91 Å². The average molecular weight is 552 g/mol. The van der Waals surface area contributed by atoms with Crippen molar-refractivity contribution in [3.05, 3.63) is 102 Å². The van der Waals surface area contributed by atoms with Crippen molar-refractivity contribution >= 4 is 16.8 Å². The van der Waals surface area contributed by atoms with Gasteiger partial charge in [-0.2, -0.15) is 0 Å². The lowest BCUT2D eigenvalue weighted by molar-refractivity contribution is 0.0408. The Bertz CT molecular complexity index is 1560. The standard InChI is InChI=1S/C33H33N3O5/c1-38-30-13-12-24(19-31(30)39-2)28-20-26(25-10-6-7-11-27(25)34-28)33(37)36-16-14-35(15-17-36)29(32-21-40-22-41-32)18-23-8-4-3-5-9-23/h3-13,19-21,29H,14-18,22H2,1-2H3. The summed E-state index contributed by atoms with van der Waals surface area (Å²) in [4.78, 5) is 23.2. The molecule has 1 amide bonds. The molecule has 0 N–H and O–H groups in total. The maximum Gasteiger partial charge on any atom is 0.254 e. The van der Waals surface area contributed by atoms with Crippen molar-refractivity contribution in [2.24, 2.45) is 0 Å². The van der Waals surface area contributed by atoms with Crippen LogP contribution in [0.25, 0.3) is 22.2 Å². The van der Waals surface area contributed by atoms with E-state index < -0.39 is 0 Å². The van der Waals surface area contributed by atoms with Crippen LogP contribution in [0.3, 0.4) is 0 Å². The fraction of sp³-hybridized carbons (Fsp3) is 0.273. The largest absolute Gasteiger partial charge is 0.493 e. The molecule has 1 aromatic heterocycles. The molecule has 6 rings (SSSR count). The molecule has 2 aliphatic rings. The number of hydrogen-bond donors (Lipinski definition) is 0. The molecule has 0 bridgehead atoms. The number of piperazine rings is 1. The van der Waals surface area contributed by atoms with Crippen molar-refractivity contribution in [2.75, 3.05) is 47.2 Å². The second-order valence-corrected chi connectivity index (χ2v) is 10.1. The minimum atomic E-state index is 0.00394. The van der Waals surface area contributed by atoms with Gasteiger partial charge in [-0.1, -0.05) is 48.5 Å². The van der Waals surface area contributed by atoms with Crippen molar-refractivity contribution in [3.8, 4) is 22.8 Å². The number of carbonyl (C=O) groups excluding carboxylic acids is 1. The normalized spacial score (nSPS) is 16.0. The summed E-state index contributed by atoms with van der Waals surface area (Å²) in [6.45, 7) is 2.93. The van der Waals surface area contributed by atoms with Crippen molar-refractivity contribution in [1.82, 2.24) is 14.8 Å². The van der Waals surface area contributed by atoms with Crippen molar-refractivity contribution in [1.29, 1.82) is 0 Å². The van der Waals surface area contributed by atoms with Crippen molar-refractivity contribution < 1.29 is 23.7 Å². The Hall–Kier alpha value is -4.56. The molecule has 8 heteroatoms. The van der Waals surface area contributed by atoms with Gasteiger partial charge < -0.3 is 23.8 Å². The number of para-hydroxylation sites is 1. The molecule has 210 valence electrons. The van der Waals surface area contributed by atoms with E-state index in [9.17, 15) is 4.79 Å². The Morgan fingerprint density at radius 1 is 0.902 bits per heavy atom. The first-order chi connectivity index (χ1) is 20.1. The molecule has 1 atom stereocenters. The molecule has 0 saturated carbocycles. The van der Waals surface area contributed by atoms with Gasteiger partial charge in [0.1, 0.15) is 6.26 Å². The van der Waals surface area contributed by atoms with Crippen LogP contribution in [0, 0.1) is 0 Å². The second-order valence-electron chi connectivity index (χ2n) is 10.1. The zero-order valence-corrected chi connectivity index (χ0v) is 23.3. The third-order valence-electron chi connectivity index (χ3n) is 7.76. The SMILES string of the molecule is COc1ccc(-c2cc(C(=O)N3CCN(C(Cc4ccccc4)C4=COCO4)CC3)c3ccccc3n2)cc1OC. The number of carbonyl (C=O) groups is 1. The molecule has 3 aromatic carbocycles. The smallest absolute Gasteiger partial charge is 0.254 e. The highest BCUT2D eigenvalue weighted by molar-refractivity contribution is 6.07. The van der Waals surface area contributed by atoms with E-state index in [0.29, 0.717) is 35.8 Å². The van der Waals surface area contributed by atoms with E-state index in [1.165, 1.54) is 5.56 Å². The van der Waals surface area contributed by atoms with Gasteiger partial charge in [0.2, 0.25) is 6.79 Å². The van der Waals surface area contributed by atoms with Crippen LogP contribution in [-0.2, 0) is 15.9 Å². The van der Waals surface area contributed by atoms with Crippen LogP contribution in [-0.4, -0.2) is 73.9 Å². The van der Waals surface area contributed by atoms with E-state index in [1.807, 2.05) is 59.5 Å². The number of ether oxygens (including phenoxy) is 4. The molecule has 41 heavy (non-hydrogen) atoms. The van der Waals surface area contributed by atoms with Crippen LogP contribution in [0.15, 0.2) is 90.9 Å². The van der Waals surface area contributed by atoms with Gasteiger partial charge in [0.05, 0.1) is 37.0 Å². The van der Waals surface area contributed by atoms with Gasteiger partial charge in [-0.3, -0.25) is 9.69 Å². The third kappa shape index (κ3) is 5.56. The summed E-state index contributed by atoms with van der Waals surface area (Å²) < 4.78 is 22.1. The summed E-state index contributed by atoms with van der Waals surface area (Å²) in [5.41, 5.74) is 4.21. The Labute approximate surface area is 239 Å². The molecule has 1 saturated heterocycles. The molecule has 4 aromatic rings. The van der Waals surface area contributed by atoms with Crippen LogP contribution in [0.2, 0.25) is 0 Å². The Morgan fingerprint density at radius 3 is 2.39 bits per heavy atom. The lowest BCUT2D eigenvalue weighted by atomic mass is 10.0. The Kier molecular flexibility index (Phi) is 7.73. The van der Waals surface area contributed by atoms with E-state index in [2.05, 4.69) is 29.2 Å². The highest BCUT2D eigenvalue weighted by Crippen LogP contribution is 2.33. The number of nitrogens with zero attached hydrogens (tertiary/aromatic N) is 3. The molecule has 2 aliphatic heterocycles. The number of amides is 1. The zero-order valence-electron chi connectivity index (χ0n) is 23.3. The number of rotatable bonds is 8. The number of methoxy groups -OCH3 is 2. The van der Waals surface area contributed by atoms with Crippen LogP contribution in [0.4, 0.5) is 0 Å². The maximum absolute atomic E-state index is 14.0. The van der Waals surface area contributed by atoms with E-state index in [1.54, 1.807) is 20.5 Å². The molecule has 1 unspecified atom stereocenters. The van der Waals surface area contributed by atoms with Gasteiger partial charge in [-0.05, 0) is 42.3 Å². The molecule has 0 radical (unpaired) electrons. The first-order valence-corrected chi connectivity index (χ1v) is 13.8. The summed E-state index contributed by atoms with van der Waals surface area (Å²) in [6, 6.07) is 25.8. The monoisotopic (exact) mass is 551 g/mol. The summed E-state index contributed by atoms with van der Waals surface area (Å²) in [7, 11) is 3.22. The maximum atomic E-state index is 14.0. The predicted molar refractivity (Wildman–Crippen MR) is 157 cm³/mol. The second kappa shape index (κ2) is 11.9. The minimum Gasteiger partial charge on any atom is -0.493 e. The van der Waals surface area contributed by atoms with Crippen LogP contribution in [0.5, 0.6) is 11.5 Å². The molecule has 0 aliphatic carbocycles. The Balaban J connectivity index is 1.25. The van der Waals surface area contributed by atoms with Gasteiger partial charge in [0.15, 0.2) is 17.3 Å². The zero-order chi connectivity index (χ0) is 28.2. The molecule has 8 nitrogen and oxygen atoms in total. The highest BCUT2D eigenvalue weighted by Gasteiger charge is 2.32. The van der Waals surface area contributed by atoms with Crippen molar-refractivity contribution in [2.45, 2.75) is 12.5 Å². The average Bonchev–Trinajstić information content (AvgIpc) is 3.58. The lowest BCUT2D eigenvalue weighted by Crippen LogP contribution is -2.53. The molecule has 1 fully saturated rings. The van der Waals surface area contributed by atoms with E-state index in [0.717, 1.165) is 41.7 Å². The molecule has 3 heterocycles. The summed E-state index contributed by atoms with van der Waals surface area (Å²) in [5, 5.41) is 0.841. The highest BCUT2D eigenvalue weighted by atomic mass is 16.7. The summed E-state index contributed by atoms with van der Waals surface area (Å²) in [6.07, 6.45) is 2.54. The summed E-state index contributed by atoms with van der Waals surface area (Å²) >= 11 is 0. The van der Waals surface area contributed by atoms with Crippen LogP contribution < -0.4 is 9.47 Å². The predicted octanol–water partition coefficient (Wildman–Crippen LogP) is 5.13. The van der Waals surface area contributed by atoms with Gasteiger partial charge in [-0.25, -0.2) is 4.98 Å². The van der Waals surface area contributed by atoms with Gasteiger partial charge in [0, 0.05) is 37.1 Å². The first-order valence-electron chi connectivity index (χ1n) is 13.8. The fourth-order valence-corrected chi connectivity index (χ4v) is 5.58. The van der Waals surface area contributed by atoms with E-state index in [-0.39, 0.29) is 18.7 Å². The number of aromatic nitrogens is 1. The van der Waals surface area contributed by atoms with Gasteiger partial charge >= 0.3 is 0 Å². The Morgan fingerprint density at radius 2 is 1.66 bits per heavy atom. The molecule has 0 spiro atoms.